The van der Waals surface area contributed by atoms with Crippen LogP contribution >= 0.6 is 15.9 Å². The number of carbonyl (C=O) groups is 1. The monoisotopic (exact) mass is 331 g/mol. The molecule has 0 aromatic heterocycles. The molecule has 0 fully saturated rings. The summed E-state index contributed by atoms with van der Waals surface area (Å²) >= 11 is 3.05. The minimum atomic E-state index is -0.567. The van der Waals surface area contributed by atoms with Gasteiger partial charge in [-0.3, -0.25) is 4.79 Å². The maximum Gasteiger partial charge on any atom is 0.254 e. The van der Waals surface area contributed by atoms with Crippen molar-refractivity contribution in [3.05, 3.63) is 34.1 Å². The van der Waals surface area contributed by atoms with Crippen molar-refractivity contribution in [1.29, 1.82) is 0 Å². The Labute approximate surface area is 121 Å². The number of hydrogen-bond donors (Lipinski definition) is 2. The number of aliphatic hydroxyl groups is 1. The van der Waals surface area contributed by atoms with E-state index in [9.17, 15) is 14.3 Å². The number of benzene rings is 1. The molecule has 2 N–H and O–H groups in total. The van der Waals surface area contributed by atoms with Crippen molar-refractivity contribution in [2.24, 2.45) is 5.41 Å². The lowest BCUT2D eigenvalue weighted by Crippen LogP contribution is -2.39. The van der Waals surface area contributed by atoms with Crippen molar-refractivity contribution in [3.8, 4) is 0 Å². The van der Waals surface area contributed by atoms with Crippen LogP contribution in [0, 0.1) is 11.2 Å². The topological polar surface area (TPSA) is 49.3 Å². The molecule has 0 heterocycles. The minimum Gasteiger partial charge on any atom is -0.396 e. The van der Waals surface area contributed by atoms with Crippen molar-refractivity contribution >= 4 is 21.8 Å². The highest BCUT2D eigenvalue weighted by Gasteiger charge is 2.26. The fourth-order valence-corrected chi connectivity index (χ4v) is 2.19. The summed E-state index contributed by atoms with van der Waals surface area (Å²) in [5.41, 5.74) is -0.327. The molecule has 1 amide bonds. The van der Waals surface area contributed by atoms with E-state index in [1.807, 2.05) is 13.8 Å². The third-order valence-corrected chi connectivity index (χ3v) is 4.27. The minimum absolute atomic E-state index is 0.00124. The van der Waals surface area contributed by atoms with Gasteiger partial charge in [0.1, 0.15) is 5.82 Å². The molecule has 5 heteroatoms. The molecule has 1 rings (SSSR count). The fraction of sp³-hybridized carbons (Fsp3) is 0.500. The number of nitrogens with one attached hydrogen (secondary N) is 1. The molecule has 106 valence electrons. The zero-order valence-electron chi connectivity index (χ0n) is 11.2. The number of rotatable bonds is 6. The number of aliphatic hydroxyl groups excluding tert-OH is 1. The summed E-state index contributed by atoms with van der Waals surface area (Å²) in [6, 6.07) is 4.59. The Morgan fingerprint density at radius 3 is 2.58 bits per heavy atom. The summed E-state index contributed by atoms with van der Waals surface area (Å²) in [7, 11) is 0. The second kappa shape index (κ2) is 7.01. The first-order valence-corrected chi connectivity index (χ1v) is 7.12. The van der Waals surface area contributed by atoms with E-state index in [0.29, 0.717) is 6.54 Å². The van der Waals surface area contributed by atoms with Gasteiger partial charge in [0.2, 0.25) is 0 Å². The summed E-state index contributed by atoms with van der Waals surface area (Å²) in [5.74, 6) is -1.03. The highest BCUT2D eigenvalue weighted by molar-refractivity contribution is 9.10. The Morgan fingerprint density at radius 1 is 1.42 bits per heavy atom. The first kappa shape index (κ1) is 16.1. The zero-order chi connectivity index (χ0) is 14.5. The lowest BCUT2D eigenvalue weighted by atomic mass is 9.83. The Bertz CT molecular complexity index is 439. The van der Waals surface area contributed by atoms with Crippen LogP contribution in [0.3, 0.4) is 0 Å². The molecule has 1 aromatic carbocycles. The number of amides is 1. The zero-order valence-corrected chi connectivity index (χ0v) is 12.8. The summed E-state index contributed by atoms with van der Waals surface area (Å²) < 4.78 is 14.0. The summed E-state index contributed by atoms with van der Waals surface area (Å²) in [4.78, 5) is 12.0. The molecule has 0 unspecified atom stereocenters. The van der Waals surface area contributed by atoms with Crippen LogP contribution in [0.2, 0.25) is 0 Å². The van der Waals surface area contributed by atoms with E-state index in [-0.39, 0.29) is 22.1 Å². The van der Waals surface area contributed by atoms with E-state index < -0.39 is 11.7 Å². The summed E-state index contributed by atoms with van der Waals surface area (Å²) in [5, 5.41) is 12.1. The van der Waals surface area contributed by atoms with Gasteiger partial charge in [-0.1, -0.05) is 19.9 Å². The van der Waals surface area contributed by atoms with Crippen LogP contribution in [-0.2, 0) is 0 Å². The molecular weight excluding hydrogens is 313 g/mol. The molecule has 0 atom stereocenters. The maximum atomic E-state index is 13.8. The number of hydrogen-bond acceptors (Lipinski definition) is 2. The van der Waals surface area contributed by atoms with Gasteiger partial charge in [0.05, 0.1) is 16.6 Å². The molecule has 0 spiro atoms. The molecule has 0 aliphatic rings. The maximum absolute atomic E-state index is 13.8. The second-order valence-electron chi connectivity index (χ2n) is 4.65. The highest BCUT2D eigenvalue weighted by atomic mass is 79.9. The van der Waals surface area contributed by atoms with Crippen molar-refractivity contribution in [1.82, 2.24) is 5.32 Å². The van der Waals surface area contributed by atoms with Crippen LogP contribution in [0.25, 0.3) is 0 Å². The van der Waals surface area contributed by atoms with E-state index >= 15 is 0 Å². The number of halogens is 2. The van der Waals surface area contributed by atoms with Crippen LogP contribution in [-0.4, -0.2) is 24.2 Å². The van der Waals surface area contributed by atoms with Gasteiger partial charge in [-0.25, -0.2) is 4.39 Å². The predicted octanol–water partition coefficient (Wildman–Crippen LogP) is 3.12. The van der Waals surface area contributed by atoms with Crippen LogP contribution in [0.15, 0.2) is 22.7 Å². The standard InChI is InChI=1S/C14H19BrFNO2/c1-3-14(4-2,9-18)8-17-13(19)10-6-5-7-11(15)12(10)16/h5-7,18H,3-4,8-9H2,1-2H3,(H,17,19). The Balaban J connectivity index is 2.78. The fourth-order valence-electron chi connectivity index (χ4n) is 1.82. The average molecular weight is 332 g/mol. The molecule has 0 aliphatic heterocycles. The third kappa shape index (κ3) is 3.76. The molecule has 0 radical (unpaired) electrons. The van der Waals surface area contributed by atoms with E-state index in [1.165, 1.54) is 6.07 Å². The van der Waals surface area contributed by atoms with Gasteiger partial charge in [-0.2, -0.15) is 0 Å². The van der Waals surface area contributed by atoms with Crippen molar-refractivity contribution in [2.75, 3.05) is 13.2 Å². The van der Waals surface area contributed by atoms with Crippen LogP contribution < -0.4 is 5.32 Å². The third-order valence-electron chi connectivity index (χ3n) is 3.66. The SMILES string of the molecule is CCC(CC)(CO)CNC(=O)c1cccc(Br)c1F. The summed E-state index contributed by atoms with van der Waals surface area (Å²) in [6.07, 6.45) is 1.50. The molecular formula is C14H19BrFNO2. The van der Waals surface area contributed by atoms with Crippen molar-refractivity contribution < 1.29 is 14.3 Å². The van der Waals surface area contributed by atoms with E-state index in [1.54, 1.807) is 12.1 Å². The van der Waals surface area contributed by atoms with Crippen molar-refractivity contribution in [3.63, 3.8) is 0 Å². The molecule has 19 heavy (non-hydrogen) atoms. The Kier molecular flexibility index (Phi) is 5.94. The van der Waals surface area contributed by atoms with Gasteiger partial charge < -0.3 is 10.4 Å². The average Bonchev–Trinajstić information content (AvgIpc) is 2.44. The van der Waals surface area contributed by atoms with Crippen LogP contribution in [0.1, 0.15) is 37.0 Å². The molecule has 1 aromatic rings. The van der Waals surface area contributed by atoms with E-state index in [2.05, 4.69) is 21.2 Å². The largest absolute Gasteiger partial charge is 0.396 e. The second-order valence-corrected chi connectivity index (χ2v) is 5.50. The van der Waals surface area contributed by atoms with Crippen LogP contribution in [0.5, 0.6) is 0 Å². The van der Waals surface area contributed by atoms with E-state index in [4.69, 9.17) is 0 Å². The predicted molar refractivity (Wildman–Crippen MR) is 76.5 cm³/mol. The molecule has 0 aliphatic carbocycles. The number of carbonyl (C=O) groups excluding carboxylic acids is 1. The lowest BCUT2D eigenvalue weighted by Gasteiger charge is -2.29. The quantitative estimate of drug-likeness (QED) is 0.841. The Morgan fingerprint density at radius 2 is 2.05 bits per heavy atom. The molecule has 3 nitrogen and oxygen atoms in total. The van der Waals surface area contributed by atoms with E-state index in [0.717, 1.165) is 12.8 Å². The highest BCUT2D eigenvalue weighted by Crippen LogP contribution is 2.25. The van der Waals surface area contributed by atoms with Gasteiger partial charge in [-0.15, -0.1) is 0 Å². The molecule has 0 saturated carbocycles. The first-order chi connectivity index (χ1) is 8.99. The lowest BCUT2D eigenvalue weighted by molar-refractivity contribution is 0.0847. The van der Waals surface area contributed by atoms with Crippen LogP contribution in [0.4, 0.5) is 4.39 Å². The van der Waals surface area contributed by atoms with Gasteiger partial charge in [-0.05, 0) is 40.9 Å². The normalized spacial score (nSPS) is 11.4. The smallest absolute Gasteiger partial charge is 0.254 e. The molecule has 0 bridgehead atoms. The van der Waals surface area contributed by atoms with Gasteiger partial charge in [0, 0.05) is 12.0 Å². The Hall–Kier alpha value is -0.940. The van der Waals surface area contributed by atoms with Gasteiger partial charge >= 0.3 is 0 Å². The van der Waals surface area contributed by atoms with Crippen molar-refractivity contribution in [2.45, 2.75) is 26.7 Å². The first-order valence-electron chi connectivity index (χ1n) is 6.32. The van der Waals surface area contributed by atoms with Gasteiger partial charge in [0.15, 0.2) is 0 Å². The molecule has 0 saturated heterocycles. The van der Waals surface area contributed by atoms with Gasteiger partial charge in [0.25, 0.3) is 5.91 Å². The summed E-state index contributed by atoms with van der Waals surface area (Å²) in [6.45, 7) is 4.26.